The molecule has 3 heterocycles. The molecule has 11 nitrogen and oxygen atoms in total. The summed E-state index contributed by atoms with van der Waals surface area (Å²) in [5.41, 5.74) is 3.45. The molecular formula is C26H27N5O6S. The van der Waals surface area contributed by atoms with Gasteiger partial charge in [0.1, 0.15) is 27.8 Å². The molecule has 0 aliphatic carbocycles. The van der Waals surface area contributed by atoms with Gasteiger partial charge in [0.25, 0.3) is 0 Å². The van der Waals surface area contributed by atoms with Gasteiger partial charge in [0, 0.05) is 25.7 Å². The fourth-order valence-electron chi connectivity index (χ4n) is 4.81. The predicted octanol–water partition coefficient (Wildman–Crippen LogP) is 2.95. The SMILES string of the molecule is COc1cc(C(CC(=O)O)c2cccc(CN3CC(C)Oc4ncccc4S3(=O)=O)c2)cc2nnn(C)c12. The Bertz CT molecular complexity index is 1620. The minimum Gasteiger partial charge on any atom is -0.494 e. The average molecular weight is 538 g/mol. The Morgan fingerprint density at radius 1 is 1.21 bits per heavy atom. The Morgan fingerprint density at radius 2 is 2.03 bits per heavy atom. The molecule has 0 spiro atoms. The number of fused-ring (bicyclic) bond motifs is 2. The van der Waals surface area contributed by atoms with Crippen molar-refractivity contribution in [2.45, 2.75) is 36.8 Å². The lowest BCUT2D eigenvalue weighted by Gasteiger charge is -2.22. The van der Waals surface area contributed by atoms with Crippen molar-refractivity contribution in [3.63, 3.8) is 0 Å². The van der Waals surface area contributed by atoms with Crippen LogP contribution in [-0.2, 0) is 28.4 Å². The predicted molar refractivity (Wildman–Crippen MR) is 138 cm³/mol. The topological polar surface area (TPSA) is 137 Å². The molecule has 4 aromatic rings. The van der Waals surface area contributed by atoms with Gasteiger partial charge in [0.05, 0.1) is 20.1 Å². The number of ether oxygens (including phenoxy) is 2. The molecule has 2 aromatic carbocycles. The van der Waals surface area contributed by atoms with E-state index in [-0.39, 0.29) is 30.3 Å². The second kappa shape index (κ2) is 10.0. The van der Waals surface area contributed by atoms with Crippen LogP contribution in [0.1, 0.15) is 36.0 Å². The van der Waals surface area contributed by atoms with Crippen LogP contribution < -0.4 is 9.47 Å². The number of aromatic nitrogens is 4. The molecule has 1 aliphatic heterocycles. The van der Waals surface area contributed by atoms with Crippen molar-refractivity contribution in [2.24, 2.45) is 7.05 Å². The summed E-state index contributed by atoms with van der Waals surface area (Å²) in [5, 5.41) is 18.0. The summed E-state index contributed by atoms with van der Waals surface area (Å²) in [6.07, 6.45) is 0.913. The number of aliphatic carboxylic acids is 1. The van der Waals surface area contributed by atoms with Crippen LogP contribution in [0.5, 0.6) is 11.6 Å². The number of carbonyl (C=O) groups is 1. The highest BCUT2D eigenvalue weighted by Gasteiger charge is 2.34. The molecule has 5 rings (SSSR count). The summed E-state index contributed by atoms with van der Waals surface area (Å²) in [6, 6.07) is 14.0. The van der Waals surface area contributed by atoms with E-state index in [2.05, 4.69) is 15.3 Å². The molecule has 2 aromatic heterocycles. The van der Waals surface area contributed by atoms with Gasteiger partial charge >= 0.3 is 5.97 Å². The van der Waals surface area contributed by atoms with Crippen molar-refractivity contribution in [2.75, 3.05) is 13.7 Å². The molecule has 0 fully saturated rings. The molecular weight excluding hydrogens is 510 g/mol. The van der Waals surface area contributed by atoms with Crippen LogP contribution >= 0.6 is 0 Å². The van der Waals surface area contributed by atoms with E-state index in [9.17, 15) is 18.3 Å². The lowest BCUT2D eigenvalue weighted by atomic mass is 9.87. The van der Waals surface area contributed by atoms with Crippen LogP contribution in [0.4, 0.5) is 0 Å². The highest BCUT2D eigenvalue weighted by atomic mass is 32.2. The second-order valence-electron chi connectivity index (χ2n) is 9.23. The fraction of sp³-hybridized carbons (Fsp3) is 0.308. The molecule has 2 atom stereocenters. The molecule has 0 radical (unpaired) electrons. The maximum Gasteiger partial charge on any atom is 0.304 e. The fourth-order valence-corrected chi connectivity index (χ4v) is 6.38. The largest absolute Gasteiger partial charge is 0.494 e. The third kappa shape index (κ3) is 4.79. The molecule has 0 amide bonds. The van der Waals surface area contributed by atoms with E-state index in [1.165, 1.54) is 16.6 Å². The molecule has 2 unspecified atom stereocenters. The van der Waals surface area contributed by atoms with Crippen molar-refractivity contribution < 1.29 is 27.8 Å². The van der Waals surface area contributed by atoms with Crippen LogP contribution in [-0.4, -0.2) is 63.5 Å². The average Bonchev–Trinajstić information content (AvgIpc) is 3.23. The lowest BCUT2D eigenvalue weighted by Crippen LogP contribution is -2.35. The van der Waals surface area contributed by atoms with Gasteiger partial charge in [-0.3, -0.25) is 4.79 Å². The van der Waals surface area contributed by atoms with Gasteiger partial charge in [0.2, 0.25) is 15.9 Å². The Balaban J connectivity index is 1.52. The molecule has 1 aliphatic rings. The van der Waals surface area contributed by atoms with Crippen LogP contribution in [0.2, 0.25) is 0 Å². The summed E-state index contributed by atoms with van der Waals surface area (Å²) in [6.45, 7) is 2.02. The van der Waals surface area contributed by atoms with E-state index in [0.29, 0.717) is 27.9 Å². The highest BCUT2D eigenvalue weighted by molar-refractivity contribution is 7.89. The Labute approximate surface area is 219 Å². The van der Waals surface area contributed by atoms with Crippen LogP contribution in [0, 0.1) is 0 Å². The number of carboxylic acids is 1. The zero-order valence-corrected chi connectivity index (χ0v) is 21.9. The quantitative estimate of drug-likeness (QED) is 0.377. The number of carboxylic acid groups (broad SMARTS) is 1. The molecule has 0 saturated carbocycles. The van der Waals surface area contributed by atoms with E-state index in [0.717, 1.165) is 5.56 Å². The van der Waals surface area contributed by atoms with E-state index in [4.69, 9.17) is 9.47 Å². The van der Waals surface area contributed by atoms with Crippen molar-refractivity contribution in [1.29, 1.82) is 0 Å². The van der Waals surface area contributed by atoms with Crippen LogP contribution in [0.15, 0.2) is 59.6 Å². The zero-order chi connectivity index (χ0) is 27.0. The first-order valence-corrected chi connectivity index (χ1v) is 13.4. The maximum absolute atomic E-state index is 13.5. The first-order valence-electron chi connectivity index (χ1n) is 12.0. The Morgan fingerprint density at radius 3 is 2.79 bits per heavy atom. The van der Waals surface area contributed by atoms with Gasteiger partial charge < -0.3 is 14.6 Å². The van der Waals surface area contributed by atoms with Gasteiger partial charge in [0.15, 0.2) is 0 Å². The first-order chi connectivity index (χ1) is 18.2. The van der Waals surface area contributed by atoms with Gasteiger partial charge in [-0.2, -0.15) is 4.31 Å². The van der Waals surface area contributed by atoms with Crippen molar-refractivity contribution in [3.8, 4) is 11.6 Å². The molecule has 1 N–H and O–H groups in total. The summed E-state index contributed by atoms with van der Waals surface area (Å²) in [7, 11) is -0.571. The standard InChI is InChI=1S/C26H27N5O6S/c1-16-14-31(38(34,35)23-8-5-9-27-26(23)37-16)15-17-6-4-7-18(10-17)20(13-24(32)33)19-11-21-25(22(12-19)36-3)30(2)29-28-21/h4-12,16,20H,13-15H2,1-3H3,(H,32,33). The molecule has 0 bridgehead atoms. The van der Waals surface area contributed by atoms with E-state index >= 15 is 0 Å². The number of hydrogen-bond donors (Lipinski definition) is 1. The molecule has 0 saturated heterocycles. The van der Waals surface area contributed by atoms with E-state index in [1.54, 1.807) is 44.0 Å². The summed E-state index contributed by atoms with van der Waals surface area (Å²) < 4.78 is 41.2. The highest BCUT2D eigenvalue weighted by Crippen LogP contribution is 2.35. The normalized spacial score (nSPS) is 17.8. The number of nitrogens with zero attached hydrogens (tertiary/aromatic N) is 5. The third-order valence-corrected chi connectivity index (χ3v) is 8.35. The minimum absolute atomic E-state index is 0.0219. The van der Waals surface area contributed by atoms with Crippen LogP contribution in [0.25, 0.3) is 11.0 Å². The number of methoxy groups -OCH3 is 1. The molecule has 198 valence electrons. The Kier molecular flexibility index (Phi) is 6.76. The summed E-state index contributed by atoms with van der Waals surface area (Å²) in [5.74, 6) is -0.871. The smallest absolute Gasteiger partial charge is 0.304 e. The second-order valence-corrected chi connectivity index (χ2v) is 11.1. The van der Waals surface area contributed by atoms with Gasteiger partial charge in [-0.25, -0.2) is 18.1 Å². The number of sulfonamides is 1. The van der Waals surface area contributed by atoms with E-state index in [1.807, 2.05) is 24.3 Å². The lowest BCUT2D eigenvalue weighted by molar-refractivity contribution is -0.137. The molecule has 38 heavy (non-hydrogen) atoms. The maximum atomic E-state index is 13.5. The number of benzene rings is 2. The van der Waals surface area contributed by atoms with Crippen molar-refractivity contribution >= 4 is 27.0 Å². The molecule has 12 heteroatoms. The number of rotatable bonds is 7. The number of pyridine rings is 1. The van der Waals surface area contributed by atoms with Gasteiger partial charge in [-0.1, -0.05) is 29.5 Å². The van der Waals surface area contributed by atoms with Crippen LogP contribution in [0.3, 0.4) is 0 Å². The van der Waals surface area contributed by atoms with Crippen molar-refractivity contribution in [3.05, 3.63) is 71.4 Å². The van der Waals surface area contributed by atoms with Gasteiger partial charge in [-0.05, 0) is 47.9 Å². The zero-order valence-electron chi connectivity index (χ0n) is 21.1. The van der Waals surface area contributed by atoms with Gasteiger partial charge in [-0.15, -0.1) is 5.10 Å². The monoisotopic (exact) mass is 537 g/mol. The minimum atomic E-state index is -3.87. The van der Waals surface area contributed by atoms with Crippen molar-refractivity contribution in [1.82, 2.24) is 24.3 Å². The number of hydrogen-bond acceptors (Lipinski definition) is 8. The van der Waals surface area contributed by atoms with E-state index < -0.39 is 28.0 Å². The number of aryl methyl sites for hydroxylation is 1. The Hall–Kier alpha value is -4.03. The summed E-state index contributed by atoms with van der Waals surface area (Å²) in [4.78, 5) is 16.0. The third-order valence-electron chi connectivity index (χ3n) is 6.53. The first kappa shape index (κ1) is 25.6. The summed E-state index contributed by atoms with van der Waals surface area (Å²) >= 11 is 0.